The summed E-state index contributed by atoms with van der Waals surface area (Å²) >= 11 is 0. The van der Waals surface area contributed by atoms with E-state index in [0.29, 0.717) is 22.3 Å². The maximum atomic E-state index is 11.2. The van der Waals surface area contributed by atoms with Gasteiger partial charge >= 0.3 is 0 Å². The molecule has 0 aliphatic heterocycles. The Morgan fingerprint density at radius 2 is 0.449 bits per heavy atom. The maximum absolute atomic E-state index is 11.2. The van der Waals surface area contributed by atoms with Gasteiger partial charge in [0.15, 0.2) is 23.1 Å². The van der Waals surface area contributed by atoms with Crippen molar-refractivity contribution in [1.82, 2.24) is 0 Å². The first-order valence-corrected chi connectivity index (χ1v) is 15.1. The largest absolute Gasteiger partial charge is 0.300 e. The van der Waals surface area contributed by atoms with Crippen LogP contribution in [0.15, 0.2) is 121 Å². The number of hydrogen-bond acceptors (Lipinski definition) is 8. The molecule has 0 saturated carbocycles. The minimum absolute atomic E-state index is 0. The van der Waals surface area contributed by atoms with E-state index in [1.807, 2.05) is 24.3 Å². The molecule has 0 spiro atoms. The molecule has 0 amide bonds. The van der Waals surface area contributed by atoms with Gasteiger partial charge in [-0.05, 0) is 27.7 Å². The second kappa shape index (κ2) is 25.0. The molecule has 0 aliphatic rings. The fourth-order valence-electron chi connectivity index (χ4n) is 3.81. The number of rotatable bonds is 12. The van der Waals surface area contributed by atoms with Gasteiger partial charge in [-0.15, -0.1) is 0 Å². The van der Waals surface area contributed by atoms with Crippen molar-refractivity contribution in [3.63, 3.8) is 0 Å². The predicted octanol–water partition coefficient (Wildman–Crippen LogP) is 7.39. The van der Waals surface area contributed by atoms with E-state index in [1.54, 1.807) is 97.1 Å². The van der Waals surface area contributed by atoms with Gasteiger partial charge in [0.2, 0.25) is 0 Å². The van der Waals surface area contributed by atoms with E-state index in [1.165, 1.54) is 27.7 Å². The Kier molecular flexibility index (Phi) is 22.5. The molecule has 0 bridgehead atoms. The van der Waals surface area contributed by atoms with E-state index in [0.717, 1.165) is 0 Å². The van der Waals surface area contributed by atoms with Gasteiger partial charge in [0.1, 0.15) is 23.1 Å². The van der Waals surface area contributed by atoms with E-state index in [-0.39, 0.29) is 93.7 Å². The first-order chi connectivity index (χ1) is 22.8. The van der Waals surface area contributed by atoms with Crippen molar-refractivity contribution in [2.45, 2.75) is 53.4 Å². The van der Waals surface area contributed by atoms with Gasteiger partial charge in [0.05, 0.1) is 25.7 Å². The van der Waals surface area contributed by atoms with Crippen molar-refractivity contribution in [2.24, 2.45) is 0 Å². The predicted molar refractivity (Wildman–Crippen MR) is 184 cm³/mol. The first-order valence-electron chi connectivity index (χ1n) is 15.1. The Hall–Kier alpha value is -5.05. The average Bonchev–Trinajstić information content (AvgIpc) is 3.06. The summed E-state index contributed by atoms with van der Waals surface area (Å²) in [5, 5.41) is 0. The summed E-state index contributed by atoms with van der Waals surface area (Å²) in [5.74, 6) is -0.808. The second-order valence-electron chi connectivity index (χ2n) is 10.7. The number of Topliss-reactive ketones (excluding diaryl/α,β-unsaturated/α-hetero) is 8. The van der Waals surface area contributed by atoms with E-state index >= 15 is 0 Å². The summed E-state index contributed by atoms with van der Waals surface area (Å²) in [6, 6.07) is 35.3. The molecule has 0 N–H and O–H groups in total. The average molecular weight is 697 g/mol. The monoisotopic (exact) mass is 696 g/mol. The van der Waals surface area contributed by atoms with Crippen molar-refractivity contribution < 1.29 is 60.1 Å². The molecule has 0 unspecified atom stereocenters. The number of ketones is 8. The summed E-state index contributed by atoms with van der Waals surface area (Å²) in [7, 11) is 0. The molecule has 4 aromatic carbocycles. The Morgan fingerprint density at radius 1 is 0.306 bits per heavy atom. The van der Waals surface area contributed by atoms with Gasteiger partial charge < -0.3 is 0 Å². The number of benzene rings is 4. The molecule has 4 rings (SSSR count). The number of carbonyl (C=O) groups is 8. The van der Waals surface area contributed by atoms with Crippen LogP contribution in [0.3, 0.4) is 0 Å². The molecule has 252 valence electrons. The van der Waals surface area contributed by atoms with Gasteiger partial charge in [-0.3, -0.25) is 38.4 Å². The first kappa shape index (κ1) is 44.0. The summed E-state index contributed by atoms with van der Waals surface area (Å²) in [4.78, 5) is 87.4. The Balaban J connectivity index is 0.000000623. The van der Waals surface area contributed by atoms with E-state index in [2.05, 4.69) is 0 Å². The molecule has 0 saturated heterocycles. The van der Waals surface area contributed by atoms with Crippen LogP contribution >= 0.6 is 0 Å². The van der Waals surface area contributed by atoms with Crippen LogP contribution in [0.2, 0.25) is 0 Å². The van der Waals surface area contributed by atoms with Crippen LogP contribution in [-0.4, -0.2) is 46.3 Å². The van der Waals surface area contributed by atoms with Gasteiger partial charge in [0, 0.05) is 44.0 Å². The quantitative estimate of drug-likeness (QED) is 0.0850. The summed E-state index contributed by atoms with van der Waals surface area (Å²) < 4.78 is 0. The van der Waals surface area contributed by atoms with Crippen molar-refractivity contribution in [2.75, 3.05) is 0 Å². The fraction of sp³-hybridized carbons (Fsp3) is 0.200. The minimum Gasteiger partial charge on any atom is -0.300 e. The van der Waals surface area contributed by atoms with Crippen LogP contribution < -0.4 is 0 Å². The minimum atomic E-state index is -0.108. The van der Waals surface area contributed by atoms with E-state index < -0.39 is 0 Å². The zero-order chi connectivity index (χ0) is 35.9. The Labute approximate surface area is 302 Å². The molecule has 0 aromatic heterocycles. The van der Waals surface area contributed by atoms with Crippen molar-refractivity contribution >= 4 is 46.3 Å². The van der Waals surface area contributed by atoms with Gasteiger partial charge in [-0.25, -0.2) is 0 Å². The van der Waals surface area contributed by atoms with Gasteiger partial charge in [0.25, 0.3) is 0 Å². The standard InChI is InChI=1S/4C10H10O2.Ti/c4*1-8(11)7-10(12)9-5-3-2-4-6-9;/h4*2-6H,7H2,1H3;. The van der Waals surface area contributed by atoms with Crippen LogP contribution in [0.4, 0.5) is 0 Å². The van der Waals surface area contributed by atoms with Gasteiger partial charge in [-0.2, -0.15) is 0 Å². The van der Waals surface area contributed by atoms with Crippen molar-refractivity contribution in [1.29, 1.82) is 0 Å². The Morgan fingerprint density at radius 3 is 0.571 bits per heavy atom. The van der Waals surface area contributed by atoms with Crippen LogP contribution in [0.5, 0.6) is 0 Å². The zero-order valence-corrected chi connectivity index (χ0v) is 29.7. The normalized spacial score (nSPS) is 9.22. The number of carbonyl (C=O) groups excluding carboxylic acids is 8. The van der Waals surface area contributed by atoms with Crippen LogP contribution in [0.25, 0.3) is 0 Å². The molecule has 4 aromatic rings. The SMILES string of the molecule is CC(=O)CC(=O)c1ccccc1.CC(=O)CC(=O)c1ccccc1.CC(=O)CC(=O)c1ccccc1.CC(=O)CC(=O)c1ccccc1.[Ti]. The summed E-state index contributed by atoms with van der Waals surface area (Å²) in [6.45, 7) is 5.67. The van der Waals surface area contributed by atoms with E-state index in [4.69, 9.17) is 0 Å². The third-order valence-electron chi connectivity index (χ3n) is 6.02. The maximum Gasteiger partial charge on any atom is 0.170 e. The molecule has 0 fully saturated rings. The summed E-state index contributed by atoms with van der Waals surface area (Å²) in [5.41, 5.74) is 2.42. The molecule has 0 radical (unpaired) electrons. The molecular formula is C40H40O8Ti. The number of hydrogen-bond donors (Lipinski definition) is 0. The van der Waals surface area contributed by atoms with Crippen LogP contribution in [0, 0.1) is 0 Å². The van der Waals surface area contributed by atoms with Crippen molar-refractivity contribution in [3.8, 4) is 0 Å². The fourth-order valence-corrected chi connectivity index (χ4v) is 3.81. The third kappa shape index (κ3) is 20.7. The molecule has 9 heteroatoms. The third-order valence-corrected chi connectivity index (χ3v) is 6.02. The zero-order valence-electron chi connectivity index (χ0n) is 28.1. The summed E-state index contributed by atoms with van der Waals surface area (Å²) in [6.07, 6.45) is 0.0159. The van der Waals surface area contributed by atoms with Crippen molar-refractivity contribution in [3.05, 3.63) is 144 Å². The molecule has 0 heterocycles. The topological polar surface area (TPSA) is 137 Å². The van der Waals surface area contributed by atoms with Crippen LogP contribution in [-0.2, 0) is 40.9 Å². The van der Waals surface area contributed by atoms with Gasteiger partial charge in [-0.1, -0.05) is 121 Å². The second-order valence-corrected chi connectivity index (χ2v) is 10.7. The molecule has 49 heavy (non-hydrogen) atoms. The molecule has 0 aliphatic carbocycles. The molecule has 8 nitrogen and oxygen atoms in total. The Bertz CT molecular complexity index is 1410. The molecular weight excluding hydrogens is 656 g/mol. The molecule has 0 atom stereocenters. The van der Waals surface area contributed by atoms with Crippen LogP contribution in [0.1, 0.15) is 94.8 Å². The van der Waals surface area contributed by atoms with E-state index in [9.17, 15) is 38.4 Å². The smallest absolute Gasteiger partial charge is 0.170 e.